The van der Waals surface area contributed by atoms with Crippen LogP contribution in [-0.4, -0.2) is 18.5 Å². The third-order valence-corrected chi connectivity index (χ3v) is 2.82. The van der Waals surface area contributed by atoms with Crippen LogP contribution in [0.15, 0.2) is 18.2 Å². The number of halogens is 3. The highest BCUT2D eigenvalue weighted by Crippen LogP contribution is 2.16. The van der Waals surface area contributed by atoms with E-state index in [1.807, 2.05) is 0 Å². The van der Waals surface area contributed by atoms with Crippen molar-refractivity contribution in [3.05, 3.63) is 29.8 Å². The molecule has 1 aromatic rings. The Morgan fingerprint density at radius 1 is 1.33 bits per heavy atom. The van der Waals surface area contributed by atoms with Crippen molar-refractivity contribution in [2.45, 2.75) is 25.3 Å². The molecule has 0 saturated carbocycles. The number of nitrogens with one attached hydrogen (secondary N) is 2. The van der Waals surface area contributed by atoms with E-state index in [1.54, 1.807) is 0 Å². The summed E-state index contributed by atoms with van der Waals surface area (Å²) in [5, 5.41) is 5.53. The Labute approximate surface area is 110 Å². The van der Waals surface area contributed by atoms with Gasteiger partial charge in [0.25, 0.3) is 0 Å². The highest BCUT2D eigenvalue weighted by Gasteiger charge is 2.21. The fourth-order valence-corrected chi connectivity index (χ4v) is 1.89. The smallest absolute Gasteiger partial charge is 0.241 e. The number of piperidine rings is 1. The van der Waals surface area contributed by atoms with Gasteiger partial charge in [-0.1, -0.05) is 6.42 Å². The van der Waals surface area contributed by atoms with Crippen molar-refractivity contribution >= 4 is 24.0 Å². The van der Waals surface area contributed by atoms with Crippen LogP contribution in [0.3, 0.4) is 0 Å². The zero-order valence-corrected chi connectivity index (χ0v) is 10.5. The standard InChI is InChI=1S/C12H14F2N2O.ClH/c13-8-4-5-10(9(14)7-8)16-12(17)11-3-1-2-6-15-11;/h4-5,7,11,15H,1-3,6H2,(H,16,17);1H. The van der Waals surface area contributed by atoms with Gasteiger partial charge < -0.3 is 10.6 Å². The topological polar surface area (TPSA) is 41.1 Å². The van der Waals surface area contributed by atoms with Crippen LogP contribution in [0.4, 0.5) is 14.5 Å². The van der Waals surface area contributed by atoms with Gasteiger partial charge in [-0.2, -0.15) is 0 Å². The zero-order valence-electron chi connectivity index (χ0n) is 9.71. The molecule has 100 valence electrons. The SMILES string of the molecule is Cl.O=C(Nc1ccc(F)cc1F)C1CCCCN1. The Hall–Kier alpha value is -1.20. The Bertz CT molecular complexity index is 423. The van der Waals surface area contributed by atoms with Crippen LogP contribution in [0, 0.1) is 11.6 Å². The molecule has 0 aromatic heterocycles. The van der Waals surface area contributed by atoms with Crippen LogP contribution in [-0.2, 0) is 4.79 Å². The molecule has 1 saturated heterocycles. The summed E-state index contributed by atoms with van der Waals surface area (Å²) in [7, 11) is 0. The van der Waals surface area contributed by atoms with Gasteiger partial charge in [0, 0.05) is 6.07 Å². The first-order chi connectivity index (χ1) is 8.16. The normalized spacial score (nSPS) is 18.9. The van der Waals surface area contributed by atoms with Gasteiger partial charge in [-0.25, -0.2) is 8.78 Å². The Morgan fingerprint density at radius 3 is 2.72 bits per heavy atom. The van der Waals surface area contributed by atoms with Crippen molar-refractivity contribution in [3.63, 3.8) is 0 Å². The lowest BCUT2D eigenvalue weighted by Crippen LogP contribution is -2.43. The minimum Gasteiger partial charge on any atom is -0.322 e. The first-order valence-corrected chi connectivity index (χ1v) is 5.66. The third kappa shape index (κ3) is 3.65. The Morgan fingerprint density at radius 2 is 2.11 bits per heavy atom. The van der Waals surface area contributed by atoms with Gasteiger partial charge in [0.05, 0.1) is 11.7 Å². The van der Waals surface area contributed by atoms with Crippen molar-refractivity contribution in [2.24, 2.45) is 0 Å². The lowest BCUT2D eigenvalue weighted by molar-refractivity contribution is -0.118. The van der Waals surface area contributed by atoms with Gasteiger partial charge in [0.15, 0.2) is 0 Å². The van der Waals surface area contributed by atoms with E-state index in [4.69, 9.17) is 0 Å². The second-order valence-corrected chi connectivity index (χ2v) is 4.12. The Balaban J connectivity index is 0.00000162. The van der Waals surface area contributed by atoms with Crippen LogP contribution in [0.1, 0.15) is 19.3 Å². The highest BCUT2D eigenvalue weighted by molar-refractivity contribution is 5.94. The second-order valence-electron chi connectivity index (χ2n) is 4.12. The minimum atomic E-state index is -0.755. The van der Waals surface area contributed by atoms with Crippen molar-refractivity contribution in [1.29, 1.82) is 0 Å². The maximum absolute atomic E-state index is 13.3. The van der Waals surface area contributed by atoms with Gasteiger partial charge in [-0.3, -0.25) is 4.79 Å². The van der Waals surface area contributed by atoms with E-state index in [-0.39, 0.29) is 30.0 Å². The van der Waals surface area contributed by atoms with Gasteiger partial charge in [-0.15, -0.1) is 12.4 Å². The molecule has 1 atom stereocenters. The first kappa shape index (κ1) is 14.9. The molecular weight excluding hydrogens is 262 g/mol. The molecule has 6 heteroatoms. The second kappa shape index (κ2) is 6.66. The number of carbonyl (C=O) groups excluding carboxylic acids is 1. The zero-order chi connectivity index (χ0) is 12.3. The summed E-state index contributed by atoms with van der Waals surface area (Å²) >= 11 is 0. The summed E-state index contributed by atoms with van der Waals surface area (Å²) in [6.45, 7) is 0.796. The molecule has 1 aliphatic rings. The summed E-state index contributed by atoms with van der Waals surface area (Å²) in [5.41, 5.74) is 0.0174. The number of rotatable bonds is 2. The first-order valence-electron chi connectivity index (χ1n) is 5.66. The number of anilines is 1. The third-order valence-electron chi connectivity index (χ3n) is 2.82. The molecular formula is C12H15ClF2N2O. The predicted molar refractivity (Wildman–Crippen MR) is 67.9 cm³/mol. The number of hydrogen-bond acceptors (Lipinski definition) is 2. The van der Waals surface area contributed by atoms with Gasteiger partial charge in [0.2, 0.25) is 5.91 Å². The maximum atomic E-state index is 13.3. The maximum Gasteiger partial charge on any atom is 0.241 e. The van der Waals surface area contributed by atoms with E-state index < -0.39 is 11.6 Å². The minimum absolute atomic E-state index is 0. The molecule has 1 heterocycles. The number of hydrogen-bond donors (Lipinski definition) is 2. The molecule has 18 heavy (non-hydrogen) atoms. The molecule has 0 aliphatic carbocycles. The van der Waals surface area contributed by atoms with Gasteiger partial charge >= 0.3 is 0 Å². The average molecular weight is 277 g/mol. The molecule has 0 radical (unpaired) electrons. The quantitative estimate of drug-likeness (QED) is 0.871. The highest BCUT2D eigenvalue weighted by atomic mass is 35.5. The van der Waals surface area contributed by atoms with E-state index in [2.05, 4.69) is 10.6 Å². The number of benzene rings is 1. The lowest BCUT2D eigenvalue weighted by Gasteiger charge is -2.22. The Kier molecular flexibility index (Phi) is 5.50. The van der Waals surface area contributed by atoms with Crippen LogP contribution in [0.25, 0.3) is 0 Å². The fraction of sp³-hybridized carbons (Fsp3) is 0.417. The molecule has 1 aromatic carbocycles. The number of amides is 1. The van der Waals surface area contributed by atoms with Crippen LogP contribution < -0.4 is 10.6 Å². The van der Waals surface area contributed by atoms with Crippen molar-refractivity contribution in [2.75, 3.05) is 11.9 Å². The predicted octanol–water partition coefficient (Wildman–Crippen LogP) is 2.47. The molecule has 1 fully saturated rings. The lowest BCUT2D eigenvalue weighted by atomic mass is 10.0. The van der Waals surface area contributed by atoms with Crippen LogP contribution in [0.5, 0.6) is 0 Å². The van der Waals surface area contributed by atoms with Crippen LogP contribution in [0.2, 0.25) is 0 Å². The summed E-state index contributed by atoms with van der Waals surface area (Å²) in [5.74, 6) is -1.68. The summed E-state index contributed by atoms with van der Waals surface area (Å²) in [6, 6.07) is 2.82. The molecule has 1 aliphatic heterocycles. The van der Waals surface area contributed by atoms with Crippen molar-refractivity contribution in [1.82, 2.24) is 5.32 Å². The van der Waals surface area contributed by atoms with E-state index in [9.17, 15) is 13.6 Å². The monoisotopic (exact) mass is 276 g/mol. The van der Waals surface area contributed by atoms with E-state index in [0.717, 1.165) is 37.9 Å². The van der Waals surface area contributed by atoms with Crippen LogP contribution >= 0.6 is 12.4 Å². The summed E-state index contributed by atoms with van der Waals surface area (Å²) < 4.78 is 26.0. The molecule has 2 N–H and O–H groups in total. The van der Waals surface area contributed by atoms with Gasteiger partial charge in [0.1, 0.15) is 11.6 Å². The van der Waals surface area contributed by atoms with Gasteiger partial charge in [-0.05, 0) is 31.5 Å². The summed E-state index contributed by atoms with van der Waals surface area (Å²) in [6.07, 6.45) is 2.78. The van der Waals surface area contributed by atoms with Crippen molar-refractivity contribution < 1.29 is 13.6 Å². The largest absolute Gasteiger partial charge is 0.322 e. The molecule has 3 nitrogen and oxygen atoms in total. The molecule has 1 unspecified atom stereocenters. The fourth-order valence-electron chi connectivity index (χ4n) is 1.89. The number of carbonyl (C=O) groups is 1. The van der Waals surface area contributed by atoms with E-state index in [1.165, 1.54) is 6.07 Å². The van der Waals surface area contributed by atoms with Crippen molar-refractivity contribution in [3.8, 4) is 0 Å². The molecule has 1 amide bonds. The molecule has 0 spiro atoms. The molecule has 2 rings (SSSR count). The average Bonchev–Trinajstić information content (AvgIpc) is 2.34. The van der Waals surface area contributed by atoms with E-state index >= 15 is 0 Å². The van der Waals surface area contributed by atoms with E-state index in [0.29, 0.717) is 0 Å². The summed E-state index contributed by atoms with van der Waals surface area (Å²) in [4.78, 5) is 11.8. The molecule has 0 bridgehead atoms.